The van der Waals surface area contributed by atoms with Gasteiger partial charge in [-0.15, -0.1) is 0 Å². The Balaban J connectivity index is 2.42. The Morgan fingerprint density at radius 1 is 1.60 bits per heavy atom. The highest BCUT2D eigenvalue weighted by Crippen LogP contribution is 2.34. The molecule has 0 spiro atoms. The molecule has 5 heteroatoms. The lowest BCUT2D eigenvalue weighted by Gasteiger charge is -2.33. The molecule has 1 aliphatic rings. The maximum atomic E-state index is 11.4. The normalized spacial score (nSPS) is 20.1. The summed E-state index contributed by atoms with van der Waals surface area (Å²) in [4.78, 5) is 15.4. The number of carbonyl (C=O) groups is 1. The molecule has 0 aromatic carbocycles. The van der Waals surface area contributed by atoms with E-state index in [1.54, 1.807) is 17.1 Å². The summed E-state index contributed by atoms with van der Waals surface area (Å²) in [7, 11) is 1.82. The minimum absolute atomic E-state index is 0.498. The number of nitrogens with zero attached hydrogens (tertiary/aromatic N) is 2. The lowest BCUT2D eigenvalue weighted by atomic mass is 9.77. The van der Waals surface area contributed by atoms with Crippen molar-refractivity contribution in [2.24, 2.45) is 7.05 Å². The molecule has 5 nitrogen and oxygen atoms in total. The summed E-state index contributed by atoms with van der Waals surface area (Å²) in [5.41, 5.74) is -0.0537. The van der Waals surface area contributed by atoms with Crippen LogP contribution in [0.3, 0.4) is 0 Å². The summed E-state index contributed by atoms with van der Waals surface area (Å²) in [5, 5.41) is 9.39. The number of imidazole rings is 1. The van der Waals surface area contributed by atoms with Crippen LogP contribution < -0.4 is 0 Å². The molecule has 1 aliphatic heterocycles. The van der Waals surface area contributed by atoms with Gasteiger partial charge in [0.25, 0.3) is 0 Å². The van der Waals surface area contributed by atoms with Crippen molar-refractivity contribution in [2.45, 2.75) is 18.3 Å². The molecule has 1 aromatic heterocycles. The SMILES string of the molecule is Cn1cncc1C1(C(=O)O)CCOCC1. The van der Waals surface area contributed by atoms with Crippen LogP contribution in [-0.4, -0.2) is 33.8 Å². The van der Waals surface area contributed by atoms with Crippen LogP contribution in [0, 0.1) is 0 Å². The zero-order valence-electron chi connectivity index (χ0n) is 8.64. The fourth-order valence-corrected chi connectivity index (χ4v) is 2.12. The monoisotopic (exact) mass is 210 g/mol. The predicted octanol–water partition coefficient (Wildman–Crippen LogP) is 0.553. The van der Waals surface area contributed by atoms with E-state index in [-0.39, 0.29) is 0 Å². The Labute approximate surface area is 87.7 Å². The van der Waals surface area contributed by atoms with Gasteiger partial charge in [0.05, 0.1) is 12.0 Å². The fourth-order valence-electron chi connectivity index (χ4n) is 2.12. The van der Waals surface area contributed by atoms with Crippen LogP contribution in [0.15, 0.2) is 12.5 Å². The molecule has 0 aliphatic carbocycles. The summed E-state index contributed by atoms with van der Waals surface area (Å²) >= 11 is 0. The second-order valence-corrected chi connectivity index (χ2v) is 3.89. The molecule has 15 heavy (non-hydrogen) atoms. The van der Waals surface area contributed by atoms with Crippen LogP contribution in [0.5, 0.6) is 0 Å². The highest BCUT2D eigenvalue weighted by atomic mass is 16.5. The van der Waals surface area contributed by atoms with Gasteiger partial charge in [0, 0.05) is 26.5 Å². The summed E-state index contributed by atoms with van der Waals surface area (Å²) in [6.07, 6.45) is 4.30. The minimum Gasteiger partial charge on any atom is -0.481 e. The molecule has 1 fully saturated rings. The van der Waals surface area contributed by atoms with Crippen molar-refractivity contribution in [1.82, 2.24) is 9.55 Å². The number of hydrogen-bond donors (Lipinski definition) is 1. The number of aryl methyl sites for hydroxylation is 1. The van der Waals surface area contributed by atoms with E-state index >= 15 is 0 Å². The largest absolute Gasteiger partial charge is 0.481 e. The van der Waals surface area contributed by atoms with Crippen molar-refractivity contribution in [1.29, 1.82) is 0 Å². The van der Waals surface area contributed by atoms with Crippen LogP contribution in [-0.2, 0) is 22.0 Å². The first-order chi connectivity index (χ1) is 7.17. The molecule has 1 saturated heterocycles. The number of rotatable bonds is 2. The van der Waals surface area contributed by atoms with Gasteiger partial charge >= 0.3 is 5.97 Å². The van der Waals surface area contributed by atoms with Gasteiger partial charge in [0.15, 0.2) is 0 Å². The van der Waals surface area contributed by atoms with E-state index in [0.29, 0.717) is 26.1 Å². The maximum absolute atomic E-state index is 11.4. The molecule has 0 atom stereocenters. The third-order valence-corrected chi connectivity index (χ3v) is 3.06. The number of aromatic nitrogens is 2. The van der Waals surface area contributed by atoms with Gasteiger partial charge in [0.1, 0.15) is 5.41 Å². The van der Waals surface area contributed by atoms with Gasteiger partial charge in [-0.3, -0.25) is 4.79 Å². The van der Waals surface area contributed by atoms with Crippen LogP contribution in [0.4, 0.5) is 0 Å². The molecule has 0 radical (unpaired) electrons. The van der Waals surface area contributed by atoms with Crippen molar-refractivity contribution in [2.75, 3.05) is 13.2 Å². The Hall–Kier alpha value is -1.36. The lowest BCUT2D eigenvalue weighted by Crippen LogP contribution is -2.42. The third-order valence-electron chi connectivity index (χ3n) is 3.06. The van der Waals surface area contributed by atoms with Crippen molar-refractivity contribution in [3.8, 4) is 0 Å². The minimum atomic E-state index is -0.816. The topological polar surface area (TPSA) is 64.4 Å². The molecule has 0 unspecified atom stereocenters. The first-order valence-electron chi connectivity index (χ1n) is 4.95. The molecule has 0 amide bonds. The smallest absolute Gasteiger partial charge is 0.315 e. The first kappa shape index (κ1) is 10.2. The Morgan fingerprint density at radius 3 is 2.73 bits per heavy atom. The second kappa shape index (κ2) is 3.66. The number of hydrogen-bond acceptors (Lipinski definition) is 3. The average molecular weight is 210 g/mol. The average Bonchev–Trinajstić information content (AvgIpc) is 2.66. The highest BCUT2D eigenvalue weighted by Gasteiger charge is 2.43. The Morgan fingerprint density at radius 2 is 2.27 bits per heavy atom. The molecule has 2 heterocycles. The van der Waals surface area contributed by atoms with Crippen LogP contribution in [0.1, 0.15) is 18.5 Å². The summed E-state index contributed by atoms with van der Waals surface area (Å²) in [6, 6.07) is 0. The van der Waals surface area contributed by atoms with Gasteiger partial charge in [-0.2, -0.15) is 0 Å². The van der Waals surface area contributed by atoms with Crippen molar-refractivity contribution in [3.05, 3.63) is 18.2 Å². The predicted molar refractivity (Wildman–Crippen MR) is 52.6 cm³/mol. The van der Waals surface area contributed by atoms with Crippen LogP contribution >= 0.6 is 0 Å². The number of carboxylic acids is 1. The summed E-state index contributed by atoms with van der Waals surface area (Å²) in [5.74, 6) is -0.783. The van der Waals surface area contributed by atoms with Crippen molar-refractivity contribution >= 4 is 5.97 Å². The fraction of sp³-hybridized carbons (Fsp3) is 0.600. The Bertz CT molecular complexity index is 366. The zero-order chi connectivity index (χ0) is 10.9. The standard InChI is InChI=1S/C10H14N2O3/c1-12-7-11-6-8(12)10(9(13)14)2-4-15-5-3-10/h6-7H,2-5H2,1H3,(H,13,14). The van der Waals surface area contributed by atoms with Gasteiger partial charge in [-0.25, -0.2) is 4.98 Å². The van der Waals surface area contributed by atoms with E-state index in [0.717, 1.165) is 5.69 Å². The summed E-state index contributed by atoms with van der Waals surface area (Å²) < 4.78 is 7.00. The van der Waals surface area contributed by atoms with Crippen LogP contribution in [0.2, 0.25) is 0 Å². The van der Waals surface area contributed by atoms with E-state index in [1.807, 2.05) is 7.05 Å². The zero-order valence-corrected chi connectivity index (χ0v) is 8.64. The van der Waals surface area contributed by atoms with Crippen molar-refractivity contribution in [3.63, 3.8) is 0 Å². The number of ether oxygens (including phenoxy) is 1. The quantitative estimate of drug-likeness (QED) is 0.774. The van der Waals surface area contributed by atoms with E-state index < -0.39 is 11.4 Å². The molecule has 1 N–H and O–H groups in total. The number of carboxylic acid groups (broad SMARTS) is 1. The van der Waals surface area contributed by atoms with Gasteiger partial charge in [0.2, 0.25) is 0 Å². The number of aliphatic carboxylic acids is 1. The van der Waals surface area contributed by atoms with E-state index in [1.165, 1.54) is 0 Å². The molecule has 1 aromatic rings. The lowest BCUT2D eigenvalue weighted by molar-refractivity contribution is -0.148. The van der Waals surface area contributed by atoms with E-state index in [2.05, 4.69) is 4.98 Å². The maximum Gasteiger partial charge on any atom is 0.315 e. The third kappa shape index (κ3) is 1.52. The molecule has 2 rings (SSSR count). The van der Waals surface area contributed by atoms with Gasteiger partial charge in [-0.1, -0.05) is 0 Å². The first-order valence-corrected chi connectivity index (χ1v) is 4.95. The highest BCUT2D eigenvalue weighted by molar-refractivity contribution is 5.80. The van der Waals surface area contributed by atoms with E-state index in [9.17, 15) is 9.90 Å². The van der Waals surface area contributed by atoms with Crippen molar-refractivity contribution < 1.29 is 14.6 Å². The molecular weight excluding hydrogens is 196 g/mol. The molecule has 0 bridgehead atoms. The van der Waals surface area contributed by atoms with Gasteiger partial charge < -0.3 is 14.4 Å². The second-order valence-electron chi connectivity index (χ2n) is 3.89. The molecule has 82 valence electrons. The van der Waals surface area contributed by atoms with Crippen LogP contribution in [0.25, 0.3) is 0 Å². The van der Waals surface area contributed by atoms with Gasteiger partial charge in [-0.05, 0) is 12.8 Å². The van der Waals surface area contributed by atoms with E-state index in [4.69, 9.17) is 4.74 Å². The summed E-state index contributed by atoms with van der Waals surface area (Å²) in [6.45, 7) is 0.995. The Kier molecular flexibility index (Phi) is 2.48. The molecular formula is C10H14N2O3. The molecule has 0 saturated carbocycles.